The summed E-state index contributed by atoms with van der Waals surface area (Å²) in [5.41, 5.74) is 0.293. The average molecular weight is 335 g/mol. The van der Waals surface area contributed by atoms with Crippen molar-refractivity contribution in [2.45, 2.75) is 19.4 Å². The van der Waals surface area contributed by atoms with Crippen LogP contribution in [0.1, 0.15) is 23.7 Å². The molecule has 2 heterocycles. The molecule has 2 aliphatic rings. The maximum absolute atomic E-state index is 14.2. The highest BCUT2D eigenvalue weighted by Crippen LogP contribution is 2.28. The van der Waals surface area contributed by atoms with Gasteiger partial charge in [-0.1, -0.05) is 0 Å². The Morgan fingerprint density at radius 3 is 2.67 bits per heavy atom. The molecule has 1 aromatic carbocycles. The van der Waals surface area contributed by atoms with Crippen molar-refractivity contribution < 1.29 is 23.9 Å². The van der Waals surface area contributed by atoms with E-state index in [0.29, 0.717) is 25.2 Å². The Kier molecular flexibility index (Phi) is 4.13. The first-order valence-corrected chi connectivity index (χ1v) is 7.79. The fourth-order valence-corrected chi connectivity index (χ4v) is 3.27. The highest BCUT2D eigenvalue weighted by Gasteiger charge is 2.39. The van der Waals surface area contributed by atoms with E-state index in [4.69, 9.17) is 5.11 Å². The van der Waals surface area contributed by atoms with Crippen molar-refractivity contribution in [3.8, 4) is 0 Å². The van der Waals surface area contributed by atoms with Gasteiger partial charge in [0.1, 0.15) is 5.82 Å². The van der Waals surface area contributed by atoms with Crippen LogP contribution in [-0.4, -0.2) is 53.6 Å². The number of hydrogen-bond donors (Lipinski definition) is 2. The van der Waals surface area contributed by atoms with Crippen LogP contribution in [0.4, 0.5) is 14.9 Å². The van der Waals surface area contributed by atoms with E-state index in [2.05, 4.69) is 5.32 Å². The van der Waals surface area contributed by atoms with Crippen molar-refractivity contribution in [2.75, 3.05) is 24.5 Å². The van der Waals surface area contributed by atoms with E-state index < -0.39 is 29.7 Å². The lowest BCUT2D eigenvalue weighted by atomic mass is 10.0. The van der Waals surface area contributed by atoms with E-state index in [-0.39, 0.29) is 18.1 Å². The number of carbonyl (C=O) groups excluding carboxylic acids is 2. The molecular formula is C16H18FN3O4. The maximum Gasteiger partial charge on any atom is 0.321 e. The number of anilines is 1. The molecule has 0 aromatic heterocycles. The molecule has 0 saturated carbocycles. The number of nitrogens with one attached hydrogen (secondary N) is 1. The summed E-state index contributed by atoms with van der Waals surface area (Å²) in [4.78, 5) is 38.4. The summed E-state index contributed by atoms with van der Waals surface area (Å²) in [5, 5.41) is 11.8. The summed E-state index contributed by atoms with van der Waals surface area (Å²) >= 11 is 0. The Bertz CT molecular complexity index is 709. The van der Waals surface area contributed by atoms with Crippen LogP contribution < -0.4 is 10.2 Å². The second-order valence-electron chi connectivity index (χ2n) is 6.02. The van der Waals surface area contributed by atoms with Crippen molar-refractivity contribution >= 4 is 23.6 Å². The van der Waals surface area contributed by atoms with Crippen LogP contribution in [-0.2, 0) is 4.79 Å². The summed E-state index contributed by atoms with van der Waals surface area (Å²) < 4.78 is 14.2. The molecule has 2 atom stereocenters. The van der Waals surface area contributed by atoms with Crippen molar-refractivity contribution in [3.63, 3.8) is 0 Å². The number of carboxylic acid groups (broad SMARTS) is 1. The van der Waals surface area contributed by atoms with Crippen molar-refractivity contribution in [1.82, 2.24) is 10.2 Å². The van der Waals surface area contributed by atoms with E-state index in [1.807, 2.05) is 0 Å². The van der Waals surface area contributed by atoms with E-state index in [0.717, 1.165) is 6.07 Å². The van der Waals surface area contributed by atoms with Gasteiger partial charge < -0.3 is 15.3 Å². The molecule has 2 saturated heterocycles. The SMILES string of the molecule is CC1C(C(=O)O)CCN1C(=O)c1cc(N2CCNC2=O)ccc1F. The standard InChI is InChI=1S/C16H18FN3O4/c1-9-11(15(22)23)4-6-19(9)14(21)12-8-10(2-3-13(12)17)20-7-5-18-16(20)24/h2-3,8-9,11H,4-7H2,1H3,(H,18,24)(H,22,23). The summed E-state index contributed by atoms with van der Waals surface area (Å²) in [5.74, 6) is -2.84. The highest BCUT2D eigenvalue weighted by atomic mass is 19.1. The van der Waals surface area contributed by atoms with Crippen LogP contribution in [0.3, 0.4) is 0 Å². The Morgan fingerprint density at radius 1 is 1.33 bits per heavy atom. The minimum atomic E-state index is -0.958. The number of amides is 3. The predicted octanol–water partition coefficient (Wildman–Crippen LogP) is 1.29. The number of carboxylic acids is 1. The molecule has 3 amide bonds. The zero-order valence-corrected chi connectivity index (χ0v) is 13.2. The van der Waals surface area contributed by atoms with Crippen LogP contribution in [0, 0.1) is 11.7 Å². The summed E-state index contributed by atoms with van der Waals surface area (Å²) in [6.45, 7) is 2.85. The molecule has 0 radical (unpaired) electrons. The van der Waals surface area contributed by atoms with Gasteiger partial charge in [-0.3, -0.25) is 14.5 Å². The fourth-order valence-electron chi connectivity index (χ4n) is 3.27. The van der Waals surface area contributed by atoms with Gasteiger partial charge in [0.25, 0.3) is 5.91 Å². The van der Waals surface area contributed by atoms with E-state index in [1.54, 1.807) is 6.92 Å². The topological polar surface area (TPSA) is 89.9 Å². The van der Waals surface area contributed by atoms with Crippen molar-refractivity contribution in [1.29, 1.82) is 0 Å². The number of benzene rings is 1. The number of carbonyl (C=O) groups is 3. The number of likely N-dealkylation sites (tertiary alicyclic amines) is 1. The lowest BCUT2D eigenvalue weighted by Crippen LogP contribution is -2.38. The lowest BCUT2D eigenvalue weighted by molar-refractivity contribution is -0.142. The Labute approximate surface area is 138 Å². The Hall–Kier alpha value is -2.64. The number of urea groups is 1. The van der Waals surface area contributed by atoms with Crippen LogP contribution in [0.15, 0.2) is 18.2 Å². The number of aliphatic carboxylic acids is 1. The fraction of sp³-hybridized carbons (Fsp3) is 0.438. The normalized spacial score (nSPS) is 23.5. The largest absolute Gasteiger partial charge is 0.481 e. The summed E-state index contributed by atoms with van der Waals surface area (Å²) in [6, 6.07) is 3.16. The van der Waals surface area contributed by atoms with Gasteiger partial charge in [0, 0.05) is 31.4 Å². The molecular weight excluding hydrogens is 317 g/mol. The van der Waals surface area contributed by atoms with Gasteiger partial charge >= 0.3 is 12.0 Å². The van der Waals surface area contributed by atoms with Crippen molar-refractivity contribution in [2.24, 2.45) is 5.92 Å². The summed E-state index contributed by atoms with van der Waals surface area (Å²) in [6.07, 6.45) is 0.345. The molecule has 2 N–H and O–H groups in total. The van der Waals surface area contributed by atoms with E-state index >= 15 is 0 Å². The third-order valence-electron chi connectivity index (χ3n) is 4.68. The number of hydrogen-bond acceptors (Lipinski definition) is 3. The molecule has 0 aliphatic carbocycles. The molecule has 2 unspecified atom stereocenters. The van der Waals surface area contributed by atoms with Gasteiger partial charge in [-0.2, -0.15) is 0 Å². The first-order chi connectivity index (χ1) is 11.4. The lowest BCUT2D eigenvalue weighted by Gasteiger charge is -2.24. The second-order valence-corrected chi connectivity index (χ2v) is 6.02. The third-order valence-corrected chi connectivity index (χ3v) is 4.68. The number of halogens is 1. The number of rotatable bonds is 3. The second kappa shape index (κ2) is 6.10. The highest BCUT2D eigenvalue weighted by molar-refractivity contribution is 5.99. The predicted molar refractivity (Wildman–Crippen MR) is 83.4 cm³/mol. The summed E-state index contributed by atoms with van der Waals surface area (Å²) in [7, 11) is 0. The molecule has 3 rings (SSSR count). The first kappa shape index (κ1) is 16.2. The van der Waals surface area contributed by atoms with Crippen LogP contribution in [0.25, 0.3) is 0 Å². The van der Waals surface area contributed by atoms with Gasteiger partial charge in [0.2, 0.25) is 0 Å². The molecule has 7 nitrogen and oxygen atoms in total. The van der Waals surface area contributed by atoms with Gasteiger partial charge in [0.15, 0.2) is 0 Å². The monoisotopic (exact) mass is 335 g/mol. The molecule has 0 bridgehead atoms. The van der Waals surface area contributed by atoms with Gasteiger partial charge in [0.05, 0.1) is 11.5 Å². The molecule has 2 aliphatic heterocycles. The van der Waals surface area contributed by atoms with E-state index in [9.17, 15) is 18.8 Å². The maximum atomic E-state index is 14.2. The molecule has 2 fully saturated rings. The van der Waals surface area contributed by atoms with Gasteiger partial charge in [-0.05, 0) is 31.5 Å². The zero-order chi connectivity index (χ0) is 17.4. The van der Waals surface area contributed by atoms with Crippen molar-refractivity contribution in [3.05, 3.63) is 29.6 Å². The van der Waals surface area contributed by atoms with Crippen LogP contribution in [0.5, 0.6) is 0 Å². The third kappa shape index (κ3) is 2.68. The average Bonchev–Trinajstić information content (AvgIpc) is 3.13. The van der Waals surface area contributed by atoms with Crippen LogP contribution >= 0.6 is 0 Å². The molecule has 0 spiro atoms. The van der Waals surface area contributed by atoms with Gasteiger partial charge in [-0.15, -0.1) is 0 Å². The first-order valence-electron chi connectivity index (χ1n) is 7.79. The molecule has 8 heteroatoms. The smallest absolute Gasteiger partial charge is 0.321 e. The molecule has 128 valence electrons. The zero-order valence-electron chi connectivity index (χ0n) is 13.2. The van der Waals surface area contributed by atoms with Crippen LogP contribution in [0.2, 0.25) is 0 Å². The Balaban J connectivity index is 1.87. The molecule has 24 heavy (non-hydrogen) atoms. The number of nitrogens with zero attached hydrogens (tertiary/aromatic N) is 2. The minimum absolute atomic E-state index is 0.148. The minimum Gasteiger partial charge on any atom is -0.481 e. The Morgan fingerprint density at radius 2 is 2.08 bits per heavy atom. The van der Waals surface area contributed by atoms with E-state index in [1.165, 1.54) is 21.9 Å². The quantitative estimate of drug-likeness (QED) is 0.871. The van der Waals surface area contributed by atoms with Gasteiger partial charge in [-0.25, -0.2) is 9.18 Å². The molecule has 1 aromatic rings.